The first kappa shape index (κ1) is 9.61. The van der Waals surface area contributed by atoms with Crippen LogP contribution < -0.4 is 5.43 Å². The summed E-state index contributed by atoms with van der Waals surface area (Å²) in [6.07, 6.45) is 0. The van der Waals surface area contributed by atoms with Crippen molar-refractivity contribution in [3.8, 4) is 6.07 Å². The van der Waals surface area contributed by atoms with Crippen molar-refractivity contribution in [1.82, 2.24) is 0 Å². The second kappa shape index (κ2) is 3.46. The molecule has 0 spiro atoms. The molecule has 80 valence electrons. The van der Waals surface area contributed by atoms with E-state index >= 15 is 0 Å². The molecule has 2 aromatic carbocycles. The van der Waals surface area contributed by atoms with E-state index in [9.17, 15) is 4.79 Å². The zero-order valence-electron chi connectivity index (χ0n) is 8.81. The van der Waals surface area contributed by atoms with E-state index in [1.165, 1.54) is 0 Å². The Labute approximate surface area is 96.5 Å². The summed E-state index contributed by atoms with van der Waals surface area (Å²) in [7, 11) is 0. The van der Waals surface area contributed by atoms with Gasteiger partial charge in [-0.1, -0.05) is 18.2 Å². The van der Waals surface area contributed by atoms with Crippen molar-refractivity contribution < 1.29 is 4.42 Å². The van der Waals surface area contributed by atoms with Crippen molar-refractivity contribution in [2.24, 2.45) is 0 Å². The number of fused-ring (bicyclic) bond motifs is 2. The van der Waals surface area contributed by atoms with Gasteiger partial charge in [0.15, 0.2) is 0 Å². The maximum atomic E-state index is 12.3. The molecule has 0 saturated carbocycles. The molecular weight excluding hydrogens is 214 g/mol. The van der Waals surface area contributed by atoms with Gasteiger partial charge in [-0.3, -0.25) is 4.79 Å². The molecule has 0 unspecified atom stereocenters. The smallest absolute Gasteiger partial charge is 0.201 e. The fourth-order valence-electron chi connectivity index (χ4n) is 1.94. The number of hydrogen-bond donors (Lipinski definition) is 0. The minimum absolute atomic E-state index is 0.154. The summed E-state index contributed by atoms with van der Waals surface area (Å²) in [4.78, 5) is 12.3. The summed E-state index contributed by atoms with van der Waals surface area (Å²) < 4.78 is 5.62. The van der Waals surface area contributed by atoms with E-state index in [1.807, 2.05) is 12.1 Å². The number of rotatable bonds is 0. The maximum Gasteiger partial charge on any atom is 0.201 e. The highest BCUT2D eigenvalue weighted by Crippen LogP contribution is 2.20. The predicted molar refractivity (Wildman–Crippen MR) is 64.7 cm³/mol. The third-order valence-corrected chi connectivity index (χ3v) is 2.73. The summed E-state index contributed by atoms with van der Waals surface area (Å²) in [5.41, 5.74) is 1.19. The third kappa shape index (κ3) is 1.31. The number of para-hydroxylation sites is 1. The van der Waals surface area contributed by atoms with Crippen LogP contribution >= 0.6 is 0 Å². The van der Waals surface area contributed by atoms with Crippen LogP contribution in [0.1, 0.15) is 5.56 Å². The van der Waals surface area contributed by atoms with Gasteiger partial charge in [-0.05, 0) is 24.3 Å². The van der Waals surface area contributed by atoms with E-state index in [0.29, 0.717) is 27.5 Å². The predicted octanol–water partition coefficient (Wildman–Crippen LogP) is 2.82. The lowest BCUT2D eigenvalue weighted by atomic mass is 10.1. The maximum absolute atomic E-state index is 12.3. The zero-order chi connectivity index (χ0) is 11.8. The third-order valence-electron chi connectivity index (χ3n) is 2.73. The molecule has 0 fully saturated rings. The fraction of sp³-hybridized carbons (Fsp3) is 0. The van der Waals surface area contributed by atoms with Gasteiger partial charge in [0.25, 0.3) is 0 Å². The Bertz CT molecular complexity index is 825. The van der Waals surface area contributed by atoms with Crippen molar-refractivity contribution in [3.63, 3.8) is 0 Å². The van der Waals surface area contributed by atoms with Crippen LogP contribution in [0.3, 0.4) is 0 Å². The van der Waals surface area contributed by atoms with E-state index in [0.717, 1.165) is 0 Å². The van der Waals surface area contributed by atoms with E-state index in [2.05, 4.69) is 0 Å². The summed E-state index contributed by atoms with van der Waals surface area (Å²) in [5, 5.41) is 9.86. The molecule has 0 aliphatic heterocycles. The lowest BCUT2D eigenvalue weighted by Crippen LogP contribution is -2.03. The Hall–Kier alpha value is -2.60. The molecule has 3 rings (SSSR count). The molecule has 1 heterocycles. The molecule has 0 bridgehead atoms. The molecular formula is C14H7NO2. The molecule has 3 heteroatoms. The highest BCUT2D eigenvalue weighted by atomic mass is 16.3. The average molecular weight is 221 g/mol. The van der Waals surface area contributed by atoms with E-state index in [-0.39, 0.29) is 5.43 Å². The van der Waals surface area contributed by atoms with Crippen LogP contribution in [-0.2, 0) is 0 Å². The zero-order valence-corrected chi connectivity index (χ0v) is 8.81. The van der Waals surface area contributed by atoms with Crippen LogP contribution in [0.25, 0.3) is 21.9 Å². The van der Waals surface area contributed by atoms with Crippen LogP contribution in [0.4, 0.5) is 0 Å². The Morgan fingerprint density at radius 3 is 2.59 bits per heavy atom. The molecule has 0 saturated heterocycles. The molecule has 17 heavy (non-hydrogen) atoms. The van der Waals surface area contributed by atoms with Gasteiger partial charge in [0, 0.05) is 0 Å². The summed E-state index contributed by atoms with van der Waals surface area (Å²) >= 11 is 0. The number of nitrogens with zero attached hydrogens (tertiary/aromatic N) is 1. The van der Waals surface area contributed by atoms with Crippen LogP contribution in [0.15, 0.2) is 51.7 Å². The molecule has 0 N–H and O–H groups in total. The minimum Gasteiger partial charge on any atom is -0.456 e. The van der Waals surface area contributed by atoms with Gasteiger partial charge in [-0.2, -0.15) is 5.26 Å². The monoisotopic (exact) mass is 221 g/mol. The van der Waals surface area contributed by atoms with Crippen molar-refractivity contribution in [2.75, 3.05) is 0 Å². The van der Waals surface area contributed by atoms with Crippen molar-refractivity contribution in [3.05, 3.63) is 58.3 Å². The van der Waals surface area contributed by atoms with Gasteiger partial charge in [0.1, 0.15) is 17.2 Å². The average Bonchev–Trinajstić information content (AvgIpc) is 2.38. The summed E-state index contributed by atoms with van der Waals surface area (Å²) in [6.45, 7) is 0. The summed E-state index contributed by atoms with van der Waals surface area (Å²) in [5.74, 6) is 0. The SMILES string of the molecule is N#Cc1cccc2oc3ccccc3c(=O)c12. The van der Waals surface area contributed by atoms with Gasteiger partial charge < -0.3 is 4.42 Å². The fourth-order valence-corrected chi connectivity index (χ4v) is 1.94. The Balaban J connectivity index is 2.67. The lowest BCUT2D eigenvalue weighted by Gasteiger charge is -2.01. The van der Waals surface area contributed by atoms with Gasteiger partial charge in [-0.25, -0.2) is 0 Å². The molecule has 3 aromatic rings. The molecule has 0 radical (unpaired) electrons. The quantitative estimate of drug-likeness (QED) is 0.548. The Kier molecular flexibility index (Phi) is 1.96. The standard InChI is InChI=1S/C14H7NO2/c15-8-9-4-3-7-12-13(9)14(16)10-5-1-2-6-11(10)17-12/h1-7H. The van der Waals surface area contributed by atoms with Crippen LogP contribution in [0.2, 0.25) is 0 Å². The molecule has 1 aromatic heterocycles. The highest BCUT2D eigenvalue weighted by Gasteiger charge is 2.10. The topological polar surface area (TPSA) is 54.0 Å². The van der Waals surface area contributed by atoms with Crippen molar-refractivity contribution in [1.29, 1.82) is 5.26 Å². The Morgan fingerprint density at radius 2 is 1.76 bits per heavy atom. The normalized spacial score (nSPS) is 10.5. The second-order valence-electron chi connectivity index (χ2n) is 3.72. The van der Waals surface area contributed by atoms with Crippen LogP contribution in [0.5, 0.6) is 0 Å². The molecule has 3 nitrogen and oxygen atoms in total. The van der Waals surface area contributed by atoms with Gasteiger partial charge in [0.05, 0.1) is 16.3 Å². The van der Waals surface area contributed by atoms with Gasteiger partial charge in [0.2, 0.25) is 5.43 Å². The van der Waals surface area contributed by atoms with Crippen LogP contribution in [0, 0.1) is 11.3 Å². The first-order chi connectivity index (χ1) is 8.31. The molecule has 0 aliphatic rings. The summed E-state index contributed by atoms with van der Waals surface area (Å²) in [6, 6.07) is 14.1. The Morgan fingerprint density at radius 1 is 1.00 bits per heavy atom. The van der Waals surface area contributed by atoms with E-state index in [1.54, 1.807) is 36.4 Å². The number of benzene rings is 2. The lowest BCUT2D eigenvalue weighted by molar-refractivity contribution is 0.660. The minimum atomic E-state index is -0.154. The highest BCUT2D eigenvalue weighted by molar-refractivity contribution is 5.92. The van der Waals surface area contributed by atoms with Crippen molar-refractivity contribution >= 4 is 21.9 Å². The van der Waals surface area contributed by atoms with E-state index in [4.69, 9.17) is 9.68 Å². The second-order valence-corrected chi connectivity index (χ2v) is 3.72. The number of nitriles is 1. The van der Waals surface area contributed by atoms with Crippen LogP contribution in [-0.4, -0.2) is 0 Å². The van der Waals surface area contributed by atoms with Gasteiger partial charge in [-0.15, -0.1) is 0 Å². The largest absolute Gasteiger partial charge is 0.456 e. The first-order valence-corrected chi connectivity index (χ1v) is 5.16. The van der Waals surface area contributed by atoms with Crippen molar-refractivity contribution in [2.45, 2.75) is 0 Å². The molecule has 0 amide bonds. The first-order valence-electron chi connectivity index (χ1n) is 5.16. The molecule has 0 atom stereocenters. The van der Waals surface area contributed by atoms with Gasteiger partial charge >= 0.3 is 0 Å². The van der Waals surface area contributed by atoms with E-state index < -0.39 is 0 Å². The number of hydrogen-bond acceptors (Lipinski definition) is 3. The molecule has 0 aliphatic carbocycles.